The first-order valence-corrected chi connectivity index (χ1v) is 7.42. The van der Waals surface area contributed by atoms with Gasteiger partial charge in [0.05, 0.1) is 12.3 Å². The summed E-state index contributed by atoms with van der Waals surface area (Å²) in [4.78, 5) is 4.45. The maximum absolute atomic E-state index is 9.30. The fraction of sp³-hybridized carbons (Fsp3) is 0.150. The molecule has 0 spiro atoms. The normalized spacial score (nSPS) is 10.7. The molecule has 22 heavy (non-hydrogen) atoms. The second-order valence-corrected chi connectivity index (χ2v) is 5.48. The third kappa shape index (κ3) is 2.66. The van der Waals surface area contributed by atoms with Crippen molar-refractivity contribution in [3.05, 3.63) is 77.5 Å². The Morgan fingerprint density at radius 3 is 2.27 bits per heavy atom. The first-order valence-electron chi connectivity index (χ1n) is 7.42. The van der Waals surface area contributed by atoms with Gasteiger partial charge in [-0.2, -0.15) is 0 Å². The molecule has 0 saturated carbocycles. The molecule has 0 radical (unpaired) electrons. The average Bonchev–Trinajstić information content (AvgIpc) is 2.58. The minimum Gasteiger partial charge on any atom is -0.392 e. The van der Waals surface area contributed by atoms with Crippen molar-refractivity contribution in [1.29, 1.82) is 0 Å². The number of hydrogen-bond acceptors (Lipinski definition) is 2. The van der Waals surface area contributed by atoms with E-state index < -0.39 is 0 Å². The van der Waals surface area contributed by atoms with Crippen molar-refractivity contribution >= 4 is 0 Å². The molecule has 2 nitrogen and oxygen atoms in total. The van der Waals surface area contributed by atoms with Crippen LogP contribution in [0.25, 0.3) is 22.4 Å². The van der Waals surface area contributed by atoms with Gasteiger partial charge < -0.3 is 5.11 Å². The largest absolute Gasteiger partial charge is 0.392 e. The molecule has 110 valence electrons. The Bertz CT molecular complexity index is 794. The van der Waals surface area contributed by atoms with E-state index in [-0.39, 0.29) is 6.61 Å². The summed E-state index contributed by atoms with van der Waals surface area (Å²) in [6.45, 7) is 4.32. The van der Waals surface area contributed by atoms with Crippen molar-refractivity contribution < 1.29 is 5.11 Å². The summed E-state index contributed by atoms with van der Waals surface area (Å²) in [6.07, 6.45) is 1.75. The molecule has 2 aromatic carbocycles. The third-order valence-electron chi connectivity index (χ3n) is 4.15. The molecule has 1 aromatic heterocycles. The summed E-state index contributed by atoms with van der Waals surface area (Å²) < 4.78 is 0. The average molecular weight is 289 g/mol. The number of pyridine rings is 1. The van der Waals surface area contributed by atoms with Gasteiger partial charge in [-0.05, 0) is 53.8 Å². The van der Waals surface area contributed by atoms with Crippen LogP contribution in [-0.4, -0.2) is 10.1 Å². The van der Waals surface area contributed by atoms with Crippen LogP contribution in [0, 0.1) is 13.8 Å². The quantitative estimate of drug-likeness (QED) is 0.768. The number of aliphatic hydroxyl groups is 1. The van der Waals surface area contributed by atoms with Crippen LogP contribution in [0.15, 0.2) is 60.8 Å². The molecule has 2 heteroatoms. The van der Waals surface area contributed by atoms with Crippen molar-refractivity contribution in [3.8, 4) is 22.4 Å². The highest BCUT2D eigenvalue weighted by Gasteiger charge is 2.10. The zero-order valence-corrected chi connectivity index (χ0v) is 12.9. The summed E-state index contributed by atoms with van der Waals surface area (Å²) in [6, 6.07) is 18.5. The molecule has 1 heterocycles. The van der Waals surface area contributed by atoms with Crippen molar-refractivity contribution in [2.45, 2.75) is 20.5 Å². The van der Waals surface area contributed by atoms with E-state index in [1.807, 2.05) is 18.2 Å². The summed E-state index contributed by atoms with van der Waals surface area (Å²) in [7, 11) is 0. The van der Waals surface area contributed by atoms with E-state index in [0.717, 1.165) is 16.8 Å². The maximum Gasteiger partial charge on any atom is 0.0708 e. The van der Waals surface area contributed by atoms with Crippen molar-refractivity contribution in [2.75, 3.05) is 0 Å². The Hall–Kier alpha value is -2.45. The van der Waals surface area contributed by atoms with E-state index >= 15 is 0 Å². The van der Waals surface area contributed by atoms with E-state index in [2.05, 4.69) is 55.2 Å². The van der Waals surface area contributed by atoms with E-state index in [1.165, 1.54) is 22.3 Å². The number of hydrogen-bond donors (Lipinski definition) is 1. The van der Waals surface area contributed by atoms with Crippen molar-refractivity contribution in [3.63, 3.8) is 0 Å². The Kier molecular flexibility index (Phi) is 4.03. The zero-order valence-electron chi connectivity index (χ0n) is 12.9. The Balaban J connectivity index is 2.10. The van der Waals surface area contributed by atoms with Gasteiger partial charge in [0.1, 0.15) is 0 Å². The topological polar surface area (TPSA) is 33.1 Å². The predicted molar refractivity (Wildman–Crippen MR) is 90.5 cm³/mol. The number of nitrogens with zero attached hydrogens (tertiary/aromatic N) is 1. The van der Waals surface area contributed by atoms with Gasteiger partial charge in [-0.3, -0.25) is 4.98 Å². The molecule has 3 aromatic rings. The lowest BCUT2D eigenvalue weighted by atomic mass is 9.92. The van der Waals surface area contributed by atoms with Gasteiger partial charge in [0.15, 0.2) is 0 Å². The molecule has 0 bridgehead atoms. The van der Waals surface area contributed by atoms with Crippen LogP contribution >= 0.6 is 0 Å². The van der Waals surface area contributed by atoms with E-state index in [1.54, 1.807) is 6.20 Å². The highest BCUT2D eigenvalue weighted by Crippen LogP contribution is 2.31. The molecule has 0 aliphatic rings. The summed E-state index contributed by atoms with van der Waals surface area (Å²) in [5, 5.41) is 9.30. The Morgan fingerprint density at radius 1 is 0.864 bits per heavy atom. The van der Waals surface area contributed by atoms with Gasteiger partial charge in [-0.1, -0.05) is 42.5 Å². The summed E-state index contributed by atoms with van der Waals surface area (Å²) in [5.74, 6) is 0. The first kappa shape index (κ1) is 14.5. The van der Waals surface area contributed by atoms with Crippen molar-refractivity contribution in [2.24, 2.45) is 0 Å². The lowest BCUT2D eigenvalue weighted by molar-refractivity contribution is 0.282. The molecule has 0 aliphatic carbocycles. The zero-order chi connectivity index (χ0) is 15.5. The van der Waals surface area contributed by atoms with Gasteiger partial charge >= 0.3 is 0 Å². The molecule has 0 unspecified atom stereocenters. The number of aliphatic hydroxyl groups excluding tert-OH is 1. The fourth-order valence-electron chi connectivity index (χ4n) is 2.75. The Labute approximate surface area is 131 Å². The second-order valence-electron chi connectivity index (χ2n) is 5.48. The highest BCUT2D eigenvalue weighted by atomic mass is 16.3. The lowest BCUT2D eigenvalue weighted by Gasteiger charge is -2.14. The smallest absolute Gasteiger partial charge is 0.0708 e. The number of aromatic nitrogens is 1. The van der Waals surface area contributed by atoms with Gasteiger partial charge in [-0.15, -0.1) is 0 Å². The van der Waals surface area contributed by atoms with Crippen LogP contribution in [0.4, 0.5) is 0 Å². The molecular weight excluding hydrogens is 270 g/mol. The minimum atomic E-state index is 0.0373. The SMILES string of the molecule is Cc1c(-c2ccccc2)ccc(-c2cc(CO)ccn2)c1C. The maximum atomic E-state index is 9.30. The molecule has 0 aliphatic heterocycles. The molecular formula is C20H19NO. The predicted octanol–water partition coefficient (Wildman–Crippen LogP) is 4.52. The van der Waals surface area contributed by atoms with E-state index in [0.29, 0.717) is 0 Å². The first-order chi connectivity index (χ1) is 10.7. The van der Waals surface area contributed by atoms with Crippen LogP contribution in [-0.2, 0) is 6.61 Å². The second kappa shape index (κ2) is 6.12. The monoisotopic (exact) mass is 289 g/mol. The van der Waals surface area contributed by atoms with Crippen LogP contribution in [0.2, 0.25) is 0 Å². The van der Waals surface area contributed by atoms with Crippen LogP contribution in [0.3, 0.4) is 0 Å². The molecule has 0 fully saturated rings. The van der Waals surface area contributed by atoms with Crippen LogP contribution < -0.4 is 0 Å². The summed E-state index contributed by atoms with van der Waals surface area (Å²) in [5.41, 5.74) is 7.88. The number of rotatable bonds is 3. The molecule has 3 rings (SSSR count). The molecule has 0 amide bonds. The lowest BCUT2D eigenvalue weighted by Crippen LogP contribution is -1.94. The van der Waals surface area contributed by atoms with Crippen molar-refractivity contribution in [1.82, 2.24) is 4.98 Å². The molecule has 0 saturated heterocycles. The van der Waals surface area contributed by atoms with E-state index in [9.17, 15) is 5.11 Å². The molecule has 1 N–H and O–H groups in total. The summed E-state index contributed by atoms with van der Waals surface area (Å²) >= 11 is 0. The van der Waals surface area contributed by atoms with Gasteiger partial charge in [0.2, 0.25) is 0 Å². The fourth-order valence-corrected chi connectivity index (χ4v) is 2.75. The van der Waals surface area contributed by atoms with Gasteiger partial charge in [-0.25, -0.2) is 0 Å². The van der Waals surface area contributed by atoms with Crippen LogP contribution in [0.1, 0.15) is 16.7 Å². The van der Waals surface area contributed by atoms with Crippen LogP contribution in [0.5, 0.6) is 0 Å². The highest BCUT2D eigenvalue weighted by molar-refractivity contribution is 5.75. The standard InChI is InChI=1S/C20H19NO/c1-14-15(2)19(20-12-16(13-22)10-11-21-20)9-8-18(14)17-6-4-3-5-7-17/h3-12,22H,13H2,1-2H3. The van der Waals surface area contributed by atoms with E-state index in [4.69, 9.17) is 0 Å². The third-order valence-corrected chi connectivity index (χ3v) is 4.15. The molecule has 0 atom stereocenters. The Morgan fingerprint density at radius 2 is 1.55 bits per heavy atom. The van der Waals surface area contributed by atoms with Gasteiger partial charge in [0, 0.05) is 11.8 Å². The minimum absolute atomic E-state index is 0.0373. The van der Waals surface area contributed by atoms with Gasteiger partial charge in [0.25, 0.3) is 0 Å². The number of benzene rings is 2.